The van der Waals surface area contributed by atoms with Crippen molar-refractivity contribution < 1.29 is 24.1 Å². The Balaban J connectivity index is 3.26. The molecular weight excluding hydrogens is 226 g/mol. The van der Waals surface area contributed by atoms with E-state index in [1.54, 1.807) is 6.07 Å². The van der Waals surface area contributed by atoms with Gasteiger partial charge in [0.05, 0.1) is 19.8 Å². The molecule has 6 nitrogen and oxygen atoms in total. The topological polar surface area (TPSA) is 88.8 Å². The van der Waals surface area contributed by atoms with Crippen LogP contribution in [0.2, 0.25) is 0 Å². The number of hydrogen-bond acceptors (Lipinski definition) is 5. The lowest BCUT2D eigenvalue weighted by molar-refractivity contribution is 0.0696. The average molecular weight is 237 g/mol. The van der Waals surface area contributed by atoms with Crippen molar-refractivity contribution >= 4 is 5.97 Å². The molecule has 0 heterocycles. The molecule has 0 amide bonds. The number of aromatic carboxylic acids is 1. The van der Waals surface area contributed by atoms with Crippen LogP contribution < -0.4 is 14.2 Å². The molecule has 0 aliphatic rings. The Kier molecular flexibility index (Phi) is 4.17. The fourth-order valence-electron chi connectivity index (χ4n) is 1.25. The molecule has 0 radical (unpaired) electrons. The zero-order valence-corrected chi connectivity index (χ0v) is 9.39. The highest BCUT2D eigenvalue weighted by Gasteiger charge is 2.16. The third-order valence-corrected chi connectivity index (χ3v) is 1.99. The molecule has 1 rings (SSSR count). The lowest BCUT2D eigenvalue weighted by atomic mass is 10.2. The zero-order valence-electron chi connectivity index (χ0n) is 9.39. The van der Waals surface area contributed by atoms with Gasteiger partial charge < -0.3 is 19.3 Å². The summed E-state index contributed by atoms with van der Waals surface area (Å²) < 4.78 is 15.1. The van der Waals surface area contributed by atoms with Crippen LogP contribution in [0.1, 0.15) is 10.4 Å². The lowest BCUT2D eigenvalue weighted by Gasteiger charge is -2.13. The van der Waals surface area contributed by atoms with Crippen molar-refractivity contribution in [3.63, 3.8) is 0 Å². The number of rotatable bonds is 5. The van der Waals surface area contributed by atoms with Crippen LogP contribution in [0.3, 0.4) is 0 Å². The van der Waals surface area contributed by atoms with E-state index in [1.807, 2.05) is 0 Å². The molecule has 90 valence electrons. The standard InChI is InChI=1S/C11H11NO5/c1-15-8-5-7(11(13)14)6-9(16-2)10(8)17-4-3-12/h5-6H,4H2,1-2H3,(H,13,14). The van der Waals surface area contributed by atoms with Crippen LogP contribution in [0.4, 0.5) is 0 Å². The molecule has 0 aliphatic carbocycles. The quantitative estimate of drug-likeness (QED) is 0.830. The zero-order chi connectivity index (χ0) is 12.8. The fourth-order valence-corrected chi connectivity index (χ4v) is 1.25. The Morgan fingerprint density at radius 3 is 2.24 bits per heavy atom. The molecule has 1 N–H and O–H groups in total. The number of hydrogen-bond donors (Lipinski definition) is 1. The summed E-state index contributed by atoms with van der Waals surface area (Å²) >= 11 is 0. The summed E-state index contributed by atoms with van der Waals surface area (Å²) in [6, 6.07) is 4.41. The lowest BCUT2D eigenvalue weighted by Crippen LogP contribution is -2.03. The van der Waals surface area contributed by atoms with Gasteiger partial charge in [-0.05, 0) is 12.1 Å². The van der Waals surface area contributed by atoms with Crippen molar-refractivity contribution in [1.82, 2.24) is 0 Å². The SMILES string of the molecule is COc1cc(C(=O)O)cc(OC)c1OCC#N. The van der Waals surface area contributed by atoms with Gasteiger partial charge in [-0.2, -0.15) is 5.26 Å². The van der Waals surface area contributed by atoms with Gasteiger partial charge in [0.25, 0.3) is 0 Å². The minimum atomic E-state index is -1.10. The van der Waals surface area contributed by atoms with E-state index >= 15 is 0 Å². The normalized spacial score (nSPS) is 9.24. The number of nitrogens with zero attached hydrogens (tertiary/aromatic N) is 1. The first-order valence-corrected chi connectivity index (χ1v) is 4.63. The van der Waals surface area contributed by atoms with Crippen LogP contribution in [0, 0.1) is 11.3 Å². The molecule has 0 saturated carbocycles. The van der Waals surface area contributed by atoms with Gasteiger partial charge in [0, 0.05) is 0 Å². The van der Waals surface area contributed by atoms with E-state index in [0.29, 0.717) is 0 Å². The van der Waals surface area contributed by atoms with Crippen molar-refractivity contribution in [1.29, 1.82) is 5.26 Å². The largest absolute Gasteiger partial charge is 0.493 e. The Morgan fingerprint density at radius 2 is 1.88 bits per heavy atom. The molecule has 0 spiro atoms. The highest BCUT2D eigenvalue weighted by molar-refractivity contribution is 5.89. The van der Waals surface area contributed by atoms with Crippen LogP contribution >= 0.6 is 0 Å². The molecule has 0 atom stereocenters. The third-order valence-electron chi connectivity index (χ3n) is 1.99. The van der Waals surface area contributed by atoms with E-state index in [1.165, 1.54) is 26.4 Å². The minimum absolute atomic E-state index is 0.0167. The molecule has 0 fully saturated rings. The molecule has 0 aromatic heterocycles. The Hall–Kier alpha value is -2.42. The van der Waals surface area contributed by atoms with Crippen molar-refractivity contribution in [3.8, 4) is 23.3 Å². The highest BCUT2D eigenvalue weighted by atomic mass is 16.5. The number of methoxy groups -OCH3 is 2. The fraction of sp³-hybridized carbons (Fsp3) is 0.273. The number of ether oxygens (including phenoxy) is 3. The van der Waals surface area contributed by atoms with Crippen LogP contribution in [-0.2, 0) is 0 Å². The van der Waals surface area contributed by atoms with Gasteiger partial charge in [-0.1, -0.05) is 0 Å². The number of carboxylic acids is 1. The number of nitriles is 1. The maximum atomic E-state index is 10.9. The summed E-state index contributed by atoms with van der Waals surface area (Å²) in [5.74, 6) is -0.482. The summed E-state index contributed by atoms with van der Waals surface area (Å²) in [7, 11) is 2.75. The smallest absolute Gasteiger partial charge is 0.335 e. The van der Waals surface area contributed by atoms with Crippen molar-refractivity contribution in [2.75, 3.05) is 20.8 Å². The third kappa shape index (κ3) is 2.78. The maximum Gasteiger partial charge on any atom is 0.335 e. The molecule has 0 saturated heterocycles. The van der Waals surface area contributed by atoms with E-state index < -0.39 is 5.97 Å². The predicted octanol–water partition coefficient (Wildman–Crippen LogP) is 1.30. The first-order chi connectivity index (χ1) is 8.13. The maximum absolute atomic E-state index is 10.9. The van der Waals surface area contributed by atoms with Gasteiger partial charge in [-0.3, -0.25) is 0 Å². The van der Waals surface area contributed by atoms with Gasteiger partial charge in [0.2, 0.25) is 5.75 Å². The molecule has 1 aromatic rings. The molecule has 6 heteroatoms. The predicted molar refractivity (Wildman–Crippen MR) is 57.6 cm³/mol. The van der Waals surface area contributed by atoms with Crippen LogP contribution in [0.15, 0.2) is 12.1 Å². The van der Waals surface area contributed by atoms with E-state index in [-0.39, 0.29) is 29.4 Å². The summed E-state index contributed by atoms with van der Waals surface area (Å²) in [6.07, 6.45) is 0. The van der Waals surface area contributed by atoms with Gasteiger partial charge in [-0.25, -0.2) is 4.79 Å². The minimum Gasteiger partial charge on any atom is -0.493 e. The first kappa shape index (κ1) is 12.6. The van der Waals surface area contributed by atoms with Crippen LogP contribution in [0.25, 0.3) is 0 Å². The van der Waals surface area contributed by atoms with Gasteiger partial charge >= 0.3 is 5.97 Å². The summed E-state index contributed by atoms with van der Waals surface area (Å²) in [4.78, 5) is 10.9. The molecule has 0 unspecified atom stereocenters. The van der Waals surface area contributed by atoms with E-state index in [4.69, 9.17) is 24.6 Å². The van der Waals surface area contributed by atoms with Crippen LogP contribution in [-0.4, -0.2) is 31.9 Å². The Morgan fingerprint density at radius 1 is 1.35 bits per heavy atom. The number of benzene rings is 1. The second-order valence-electron chi connectivity index (χ2n) is 2.96. The summed E-state index contributed by atoms with van der Waals surface area (Å²) in [6.45, 7) is -0.181. The monoisotopic (exact) mass is 237 g/mol. The number of carbonyl (C=O) groups is 1. The van der Waals surface area contributed by atoms with Gasteiger partial charge in [-0.15, -0.1) is 0 Å². The Labute approximate surface area is 97.9 Å². The molecular formula is C11H11NO5. The molecule has 0 bridgehead atoms. The first-order valence-electron chi connectivity index (χ1n) is 4.63. The number of carboxylic acid groups (broad SMARTS) is 1. The summed E-state index contributed by atoms with van der Waals surface area (Å²) in [5.41, 5.74) is 0.0167. The second kappa shape index (κ2) is 5.61. The molecule has 1 aromatic carbocycles. The van der Waals surface area contributed by atoms with Crippen molar-refractivity contribution in [2.45, 2.75) is 0 Å². The van der Waals surface area contributed by atoms with Crippen molar-refractivity contribution in [2.24, 2.45) is 0 Å². The van der Waals surface area contributed by atoms with Gasteiger partial charge in [0.1, 0.15) is 6.07 Å². The van der Waals surface area contributed by atoms with E-state index in [0.717, 1.165) is 0 Å². The average Bonchev–Trinajstić information content (AvgIpc) is 2.34. The highest BCUT2D eigenvalue weighted by Crippen LogP contribution is 2.38. The molecule has 17 heavy (non-hydrogen) atoms. The van der Waals surface area contributed by atoms with Gasteiger partial charge in [0.15, 0.2) is 18.1 Å². The van der Waals surface area contributed by atoms with Crippen molar-refractivity contribution in [3.05, 3.63) is 17.7 Å². The van der Waals surface area contributed by atoms with Crippen LogP contribution in [0.5, 0.6) is 17.2 Å². The summed E-state index contributed by atoms with van der Waals surface area (Å²) in [5, 5.41) is 17.3. The van der Waals surface area contributed by atoms with E-state index in [9.17, 15) is 4.79 Å². The Bertz CT molecular complexity index is 438. The molecule has 0 aliphatic heterocycles. The second-order valence-corrected chi connectivity index (χ2v) is 2.96. The van der Waals surface area contributed by atoms with E-state index in [2.05, 4.69) is 0 Å².